The Kier molecular flexibility index (Phi) is 13.4. The van der Waals surface area contributed by atoms with E-state index < -0.39 is 61.9 Å². The summed E-state index contributed by atoms with van der Waals surface area (Å²) in [6, 6.07) is 6.22. The largest absolute Gasteiger partial charge is 0.493 e. The van der Waals surface area contributed by atoms with Crippen LogP contribution >= 0.6 is 0 Å². The maximum Gasteiger partial charge on any atom is 0.460 e. The van der Waals surface area contributed by atoms with Crippen LogP contribution in [0.4, 0.5) is 65.9 Å². The van der Waals surface area contributed by atoms with Crippen LogP contribution in [0, 0.1) is 0 Å². The summed E-state index contributed by atoms with van der Waals surface area (Å²) in [5.41, 5.74) is 1.15. The van der Waals surface area contributed by atoms with Crippen molar-refractivity contribution in [3.8, 4) is 17.1 Å². The summed E-state index contributed by atoms with van der Waals surface area (Å²) in [5.74, 6) is -15.2. The molecule has 0 amide bonds. The summed E-state index contributed by atoms with van der Waals surface area (Å²) in [5, 5.41) is 0. The zero-order valence-electron chi connectivity index (χ0n) is 24.8. The van der Waals surface area contributed by atoms with Gasteiger partial charge in [-0.15, -0.1) is 0 Å². The minimum absolute atomic E-state index is 0.163. The molecule has 0 fully saturated rings. The van der Waals surface area contributed by atoms with E-state index >= 15 is 0 Å². The van der Waals surface area contributed by atoms with Crippen LogP contribution in [-0.4, -0.2) is 59.0 Å². The molecule has 0 unspecified atom stereocenters. The summed E-state index contributed by atoms with van der Waals surface area (Å²) in [4.78, 5) is 8.24. The Morgan fingerprint density at radius 1 is 0.625 bits per heavy atom. The number of unbranched alkanes of at least 4 members (excludes halogenated alkanes) is 5. The Morgan fingerprint density at radius 3 is 1.77 bits per heavy atom. The van der Waals surface area contributed by atoms with Crippen LogP contribution in [0.25, 0.3) is 11.4 Å². The first-order chi connectivity index (χ1) is 21.9. The molecule has 0 aliphatic carbocycles. The maximum atomic E-state index is 14.0. The number of aromatic nitrogens is 2. The van der Waals surface area contributed by atoms with Crippen LogP contribution in [-0.2, 0) is 15.9 Å². The van der Waals surface area contributed by atoms with Crippen molar-refractivity contribution in [3.05, 3.63) is 42.2 Å². The predicted octanol–water partition coefficient (Wildman–Crippen LogP) is 10.4. The summed E-state index contributed by atoms with van der Waals surface area (Å²) in [6.45, 7) is 1.36. The highest BCUT2D eigenvalue weighted by Gasteiger charge is 2.85. The lowest BCUT2D eigenvalue weighted by Crippen LogP contribution is -2.64. The number of ether oxygens (including phenoxy) is 3. The molecule has 2 aromatic rings. The number of nitrogens with zero attached hydrogens (tertiary/aromatic N) is 2. The zero-order valence-corrected chi connectivity index (χ0v) is 24.8. The highest BCUT2D eigenvalue weighted by Crippen LogP contribution is 2.56. The summed E-state index contributed by atoms with van der Waals surface area (Å²) in [6.07, 6.45) is -28.6. The molecule has 20 heteroatoms. The lowest BCUT2D eigenvalue weighted by Gasteiger charge is -2.36. The maximum absolute atomic E-state index is 14.0. The van der Waals surface area contributed by atoms with Gasteiger partial charge in [-0.05, 0) is 49.1 Å². The molecule has 0 aliphatic heterocycles. The smallest absolute Gasteiger partial charge is 0.460 e. The second-order valence-electron chi connectivity index (χ2n) is 10.4. The second-order valence-corrected chi connectivity index (χ2v) is 10.4. The van der Waals surface area contributed by atoms with Gasteiger partial charge in [0.05, 0.1) is 6.61 Å². The Labute approximate surface area is 263 Å². The first-order valence-electron chi connectivity index (χ1n) is 14.2. The lowest BCUT2D eigenvalue weighted by atomic mass is 10.0. The van der Waals surface area contributed by atoms with E-state index in [-0.39, 0.29) is 5.75 Å². The van der Waals surface area contributed by atoms with Crippen LogP contribution in [0.2, 0.25) is 0 Å². The summed E-state index contributed by atoms with van der Waals surface area (Å²) < 4.78 is 208. The average molecular weight is 727 g/mol. The molecule has 0 spiro atoms. The first kappa shape index (κ1) is 41.1. The van der Waals surface area contributed by atoms with Crippen molar-refractivity contribution in [2.75, 3.05) is 6.61 Å². The molecule has 0 atom stereocenters. The third-order valence-electron chi connectivity index (χ3n) is 6.54. The monoisotopic (exact) mass is 726 g/mol. The van der Waals surface area contributed by atoms with Gasteiger partial charge >= 0.3 is 42.5 Å². The van der Waals surface area contributed by atoms with E-state index in [0.717, 1.165) is 32.1 Å². The van der Waals surface area contributed by atoms with Gasteiger partial charge in [-0.3, -0.25) is 0 Å². The standard InChI is InChI=1S/C28H29F15N2O3/c1-2-3-4-5-6-7-10-18-17-19(21-44-14-9-15-45-21)11-12-20(18)46-16-8-13-22(29,30)47-27(40,41)28(42,43)48-26(38,39)24(33,34)23(31,32)25(35,36)37/h9,11-12,14-15,17H,2-8,10,13,16H2,1H3. The highest BCUT2D eigenvalue weighted by atomic mass is 19.4. The molecular weight excluding hydrogens is 697 g/mol. The Morgan fingerprint density at radius 2 is 1.19 bits per heavy atom. The third kappa shape index (κ3) is 10.2. The van der Waals surface area contributed by atoms with Gasteiger partial charge in [-0.1, -0.05) is 39.0 Å². The van der Waals surface area contributed by atoms with Crippen LogP contribution in [0.3, 0.4) is 0 Å². The first-order valence-corrected chi connectivity index (χ1v) is 14.2. The van der Waals surface area contributed by atoms with Crippen molar-refractivity contribution in [1.29, 1.82) is 0 Å². The number of hydrogen-bond donors (Lipinski definition) is 0. The summed E-state index contributed by atoms with van der Waals surface area (Å²) >= 11 is 0. The normalized spacial score (nSPS) is 14.0. The SMILES string of the molecule is CCCCCCCCc1cc(-c2ncccn2)ccc1OCCCC(F)(F)OC(F)(F)C(F)(F)OC(F)(F)C(F)(F)C(F)(F)C(F)(F)F. The quantitative estimate of drug-likeness (QED) is 0.100. The molecule has 1 aromatic heterocycles. The van der Waals surface area contributed by atoms with Gasteiger partial charge in [0, 0.05) is 24.4 Å². The lowest BCUT2D eigenvalue weighted by molar-refractivity contribution is -0.542. The Bertz CT molecular complexity index is 1290. The van der Waals surface area contributed by atoms with Gasteiger partial charge < -0.3 is 4.74 Å². The Balaban J connectivity index is 2.08. The fraction of sp³-hybridized carbons (Fsp3) is 0.643. The van der Waals surface area contributed by atoms with Crippen LogP contribution < -0.4 is 4.74 Å². The topological polar surface area (TPSA) is 53.5 Å². The molecule has 274 valence electrons. The molecule has 1 heterocycles. The van der Waals surface area contributed by atoms with Crippen molar-refractivity contribution in [1.82, 2.24) is 9.97 Å². The fourth-order valence-corrected chi connectivity index (χ4v) is 4.00. The number of rotatable bonds is 20. The average Bonchev–Trinajstić information content (AvgIpc) is 2.96. The molecule has 0 saturated heterocycles. The van der Waals surface area contributed by atoms with Crippen molar-refractivity contribution < 1.29 is 80.1 Å². The number of benzene rings is 1. The summed E-state index contributed by atoms with van der Waals surface area (Å²) in [7, 11) is 0. The van der Waals surface area contributed by atoms with Crippen molar-refractivity contribution >= 4 is 0 Å². The molecule has 0 bridgehead atoms. The van der Waals surface area contributed by atoms with Gasteiger partial charge in [-0.2, -0.15) is 65.9 Å². The van der Waals surface area contributed by atoms with Gasteiger partial charge in [-0.25, -0.2) is 19.4 Å². The van der Waals surface area contributed by atoms with Crippen LogP contribution in [0.15, 0.2) is 36.7 Å². The third-order valence-corrected chi connectivity index (χ3v) is 6.54. The number of alkyl halides is 15. The van der Waals surface area contributed by atoms with E-state index in [1.165, 1.54) is 24.5 Å². The van der Waals surface area contributed by atoms with Crippen molar-refractivity contribution in [3.63, 3.8) is 0 Å². The molecular formula is C28H29F15N2O3. The van der Waals surface area contributed by atoms with E-state index in [0.29, 0.717) is 29.8 Å². The molecule has 0 saturated carbocycles. The molecule has 0 radical (unpaired) electrons. The highest BCUT2D eigenvalue weighted by molar-refractivity contribution is 5.58. The number of aryl methyl sites for hydroxylation is 1. The van der Waals surface area contributed by atoms with Gasteiger partial charge in [0.2, 0.25) is 0 Å². The molecule has 0 N–H and O–H groups in total. The zero-order chi connectivity index (χ0) is 36.7. The van der Waals surface area contributed by atoms with E-state index in [2.05, 4.69) is 14.7 Å². The number of hydrogen-bond acceptors (Lipinski definition) is 5. The molecule has 2 rings (SSSR count). The van der Waals surface area contributed by atoms with Gasteiger partial charge in [0.25, 0.3) is 0 Å². The fourth-order valence-electron chi connectivity index (χ4n) is 4.00. The molecule has 1 aromatic carbocycles. The van der Waals surface area contributed by atoms with E-state index in [1.54, 1.807) is 16.9 Å². The second kappa shape index (κ2) is 15.7. The Hall–Kier alpha value is -3.03. The molecule has 48 heavy (non-hydrogen) atoms. The molecule has 0 aliphatic rings. The van der Waals surface area contributed by atoms with Gasteiger partial charge in [0.15, 0.2) is 5.82 Å². The van der Waals surface area contributed by atoms with E-state index in [9.17, 15) is 65.9 Å². The predicted molar refractivity (Wildman–Crippen MR) is 137 cm³/mol. The van der Waals surface area contributed by atoms with Gasteiger partial charge in [0.1, 0.15) is 5.75 Å². The molecule has 5 nitrogen and oxygen atoms in total. The van der Waals surface area contributed by atoms with E-state index in [4.69, 9.17) is 4.74 Å². The minimum Gasteiger partial charge on any atom is -0.493 e. The van der Waals surface area contributed by atoms with Crippen LogP contribution in [0.1, 0.15) is 63.9 Å². The minimum atomic E-state index is -7.90. The van der Waals surface area contributed by atoms with Crippen LogP contribution in [0.5, 0.6) is 5.75 Å². The number of halogens is 15. The van der Waals surface area contributed by atoms with Crippen molar-refractivity contribution in [2.45, 2.75) is 107 Å². The van der Waals surface area contributed by atoms with E-state index in [1.807, 2.05) is 6.92 Å². The van der Waals surface area contributed by atoms with Crippen molar-refractivity contribution in [2.24, 2.45) is 0 Å².